The van der Waals surface area contributed by atoms with E-state index in [1.807, 2.05) is 0 Å². The van der Waals surface area contributed by atoms with Crippen molar-refractivity contribution in [1.82, 2.24) is 31.9 Å². The standard InChI is InChI=1S/C14H35N7O/c1-14(22)21-13-12-20-11-10-19-9-8-18-7-6-17-5-4-16-3-2-15/h16-20H,2-13,15H2,1H3,(H,21,22)/p+1. The van der Waals surface area contributed by atoms with Gasteiger partial charge in [-0.25, -0.2) is 0 Å². The molecule has 9 N–H and O–H groups in total. The summed E-state index contributed by atoms with van der Waals surface area (Å²) < 4.78 is 0. The molecule has 0 rings (SSSR count). The maximum absolute atomic E-state index is 10.6. The highest BCUT2D eigenvalue weighted by Crippen LogP contribution is 1.65. The Kier molecular flexibility index (Phi) is 17.6. The molecule has 0 aromatic heterocycles. The monoisotopic (exact) mass is 318 g/mol. The van der Waals surface area contributed by atoms with Gasteiger partial charge in [-0.1, -0.05) is 0 Å². The van der Waals surface area contributed by atoms with Gasteiger partial charge in [0.15, 0.2) is 0 Å². The first kappa shape index (κ1) is 21.2. The van der Waals surface area contributed by atoms with Gasteiger partial charge in [-0.2, -0.15) is 0 Å². The van der Waals surface area contributed by atoms with E-state index in [4.69, 9.17) is 0 Å². The molecule has 0 saturated carbocycles. The molecular formula is C14H36N7O+. The third-order valence-corrected chi connectivity index (χ3v) is 2.94. The van der Waals surface area contributed by atoms with Crippen LogP contribution in [0, 0.1) is 0 Å². The topological polar surface area (TPSA) is 117 Å². The van der Waals surface area contributed by atoms with Crippen molar-refractivity contribution in [2.45, 2.75) is 6.92 Å². The number of amides is 1. The molecule has 0 aromatic carbocycles. The van der Waals surface area contributed by atoms with Gasteiger partial charge in [0, 0.05) is 78.9 Å². The summed E-state index contributed by atoms with van der Waals surface area (Å²) in [7, 11) is 0. The predicted octanol–water partition coefficient (Wildman–Crippen LogP) is -3.69. The van der Waals surface area contributed by atoms with E-state index in [0.29, 0.717) is 6.54 Å². The van der Waals surface area contributed by atoms with Crippen LogP contribution in [0.1, 0.15) is 6.92 Å². The van der Waals surface area contributed by atoms with Crippen LogP contribution in [0.5, 0.6) is 0 Å². The molecule has 0 saturated heterocycles. The van der Waals surface area contributed by atoms with E-state index >= 15 is 0 Å². The van der Waals surface area contributed by atoms with E-state index in [2.05, 4.69) is 37.6 Å². The molecule has 0 aromatic rings. The summed E-state index contributed by atoms with van der Waals surface area (Å²) in [5.41, 5.74) is 3.78. The number of quaternary nitrogens is 1. The molecule has 0 heterocycles. The molecular weight excluding hydrogens is 282 g/mol. The van der Waals surface area contributed by atoms with Crippen molar-refractivity contribution in [3.63, 3.8) is 0 Å². The number of rotatable bonds is 17. The van der Waals surface area contributed by atoms with Crippen molar-refractivity contribution in [1.29, 1.82) is 0 Å². The number of nitrogens with one attached hydrogen (secondary N) is 6. The molecule has 0 aliphatic heterocycles. The van der Waals surface area contributed by atoms with Crippen molar-refractivity contribution < 1.29 is 10.5 Å². The maximum atomic E-state index is 10.6. The summed E-state index contributed by atoms with van der Waals surface area (Å²) in [5, 5.41) is 19.4. The zero-order chi connectivity index (χ0) is 16.3. The molecule has 0 unspecified atom stereocenters. The minimum absolute atomic E-state index is 0.0232. The fourth-order valence-corrected chi connectivity index (χ4v) is 1.78. The minimum atomic E-state index is 0.0232. The quantitative estimate of drug-likeness (QED) is 0.139. The Balaban J connectivity index is 2.95. The first-order chi connectivity index (χ1) is 10.8. The Hall–Kier alpha value is -0.770. The number of carbonyl (C=O) groups excluding carboxylic acids is 1. The summed E-state index contributed by atoms with van der Waals surface area (Å²) in [6.45, 7) is 12.8. The molecule has 22 heavy (non-hydrogen) atoms. The van der Waals surface area contributed by atoms with Gasteiger partial charge < -0.3 is 37.6 Å². The smallest absolute Gasteiger partial charge is 0.216 e. The van der Waals surface area contributed by atoms with Crippen LogP contribution in [0.4, 0.5) is 0 Å². The lowest BCUT2D eigenvalue weighted by atomic mass is 10.5. The zero-order valence-corrected chi connectivity index (χ0v) is 14.1. The lowest BCUT2D eigenvalue weighted by Crippen LogP contribution is -2.54. The molecule has 0 radical (unpaired) electrons. The van der Waals surface area contributed by atoms with E-state index in [9.17, 15) is 4.79 Å². The molecule has 0 bridgehead atoms. The fraction of sp³-hybridized carbons (Fsp3) is 0.929. The van der Waals surface area contributed by atoms with Gasteiger partial charge >= 0.3 is 0 Å². The van der Waals surface area contributed by atoms with Gasteiger partial charge in [0.2, 0.25) is 5.91 Å². The van der Waals surface area contributed by atoms with Crippen LogP contribution in [0.2, 0.25) is 0 Å². The third-order valence-electron chi connectivity index (χ3n) is 2.94. The second-order valence-corrected chi connectivity index (χ2v) is 5.09. The van der Waals surface area contributed by atoms with Crippen LogP contribution >= 0.6 is 0 Å². The van der Waals surface area contributed by atoms with Crippen molar-refractivity contribution >= 4 is 5.91 Å². The van der Waals surface area contributed by atoms with Crippen molar-refractivity contribution in [2.24, 2.45) is 0 Å². The van der Waals surface area contributed by atoms with E-state index in [0.717, 1.165) is 72.0 Å². The summed E-state index contributed by atoms with van der Waals surface area (Å²) in [5.74, 6) is 0.0232. The van der Waals surface area contributed by atoms with Gasteiger partial charge in [0.05, 0.1) is 6.54 Å². The fourth-order valence-electron chi connectivity index (χ4n) is 1.78. The number of hydrogen-bond acceptors (Lipinski definition) is 6. The Morgan fingerprint density at radius 1 is 0.636 bits per heavy atom. The predicted molar refractivity (Wildman–Crippen MR) is 90.8 cm³/mol. The van der Waals surface area contributed by atoms with E-state index in [1.165, 1.54) is 6.92 Å². The molecule has 8 heteroatoms. The van der Waals surface area contributed by atoms with E-state index < -0.39 is 0 Å². The largest absolute Gasteiger partial charge is 0.357 e. The van der Waals surface area contributed by atoms with Gasteiger partial charge in [-0.3, -0.25) is 4.79 Å². The van der Waals surface area contributed by atoms with Gasteiger partial charge in [-0.15, -0.1) is 0 Å². The van der Waals surface area contributed by atoms with Crippen LogP contribution in [0.25, 0.3) is 0 Å². The minimum Gasteiger partial charge on any atom is -0.357 e. The molecule has 0 aliphatic carbocycles. The van der Waals surface area contributed by atoms with Crippen LogP contribution in [-0.2, 0) is 4.79 Å². The lowest BCUT2D eigenvalue weighted by Gasteiger charge is -2.09. The first-order valence-corrected chi connectivity index (χ1v) is 8.34. The molecule has 0 atom stereocenters. The van der Waals surface area contributed by atoms with E-state index in [-0.39, 0.29) is 5.91 Å². The van der Waals surface area contributed by atoms with Crippen LogP contribution < -0.4 is 37.6 Å². The molecule has 132 valence electrons. The Morgan fingerprint density at radius 2 is 0.955 bits per heavy atom. The van der Waals surface area contributed by atoms with Crippen molar-refractivity contribution in [3.8, 4) is 0 Å². The van der Waals surface area contributed by atoms with Crippen molar-refractivity contribution in [2.75, 3.05) is 78.5 Å². The lowest BCUT2D eigenvalue weighted by molar-refractivity contribution is -0.365. The molecule has 8 nitrogen and oxygen atoms in total. The van der Waals surface area contributed by atoms with Gasteiger partial charge in [-0.05, 0) is 0 Å². The highest BCUT2D eigenvalue weighted by molar-refractivity contribution is 5.72. The summed E-state index contributed by atoms with van der Waals surface area (Å²) in [6, 6.07) is 0. The third kappa shape index (κ3) is 19.2. The molecule has 0 fully saturated rings. The second kappa shape index (κ2) is 18.3. The molecule has 0 spiro atoms. The van der Waals surface area contributed by atoms with Gasteiger partial charge in [0.1, 0.15) is 0 Å². The highest BCUT2D eigenvalue weighted by Gasteiger charge is 1.92. The second-order valence-electron chi connectivity index (χ2n) is 5.09. The first-order valence-electron chi connectivity index (χ1n) is 8.34. The zero-order valence-electron chi connectivity index (χ0n) is 14.1. The SMILES string of the molecule is CC(=O)NCCNCCNCCNCCNCCNCC[NH3+]. The molecule has 1 amide bonds. The van der Waals surface area contributed by atoms with Gasteiger partial charge in [0.25, 0.3) is 0 Å². The normalized spacial score (nSPS) is 10.8. The van der Waals surface area contributed by atoms with Crippen LogP contribution in [0.15, 0.2) is 0 Å². The number of hydrogen-bond donors (Lipinski definition) is 7. The van der Waals surface area contributed by atoms with Crippen molar-refractivity contribution in [3.05, 3.63) is 0 Å². The van der Waals surface area contributed by atoms with Crippen LogP contribution in [0.3, 0.4) is 0 Å². The van der Waals surface area contributed by atoms with E-state index in [1.54, 1.807) is 0 Å². The highest BCUT2D eigenvalue weighted by atomic mass is 16.1. The Labute approximate surface area is 134 Å². The summed E-state index contributed by atoms with van der Waals surface area (Å²) in [6.07, 6.45) is 0. The Bertz CT molecular complexity index is 241. The Morgan fingerprint density at radius 3 is 1.27 bits per heavy atom. The van der Waals surface area contributed by atoms with Crippen LogP contribution in [-0.4, -0.2) is 84.4 Å². The molecule has 0 aliphatic rings. The average Bonchev–Trinajstić information content (AvgIpc) is 2.50. The summed E-state index contributed by atoms with van der Waals surface area (Å²) in [4.78, 5) is 10.6. The maximum Gasteiger partial charge on any atom is 0.216 e. The number of carbonyl (C=O) groups is 1. The summed E-state index contributed by atoms with van der Waals surface area (Å²) >= 11 is 0. The average molecular weight is 318 g/mol.